The Morgan fingerprint density at radius 2 is 2.17 bits per heavy atom. The highest BCUT2D eigenvalue weighted by Crippen LogP contribution is 2.18. The molecule has 1 N–H and O–H groups in total. The summed E-state index contributed by atoms with van der Waals surface area (Å²) in [6.07, 6.45) is 1.76. The first kappa shape index (κ1) is 15.4. The van der Waals surface area contributed by atoms with Gasteiger partial charge in [0.15, 0.2) is 0 Å². The Balaban J connectivity index is 2.58. The molecule has 0 spiro atoms. The summed E-state index contributed by atoms with van der Waals surface area (Å²) in [6.45, 7) is 6.42. The van der Waals surface area contributed by atoms with E-state index in [2.05, 4.69) is 19.2 Å². The molecule has 0 aliphatic rings. The molecule has 4 heteroatoms. The number of likely N-dealkylation sites (N-methyl/N-ethyl adjacent to an activating group) is 1. The zero-order valence-electron chi connectivity index (χ0n) is 11.0. The van der Waals surface area contributed by atoms with Gasteiger partial charge in [-0.25, -0.2) is 4.39 Å². The maximum absolute atomic E-state index is 13.0. The fourth-order valence-corrected chi connectivity index (χ4v) is 2.05. The second kappa shape index (κ2) is 8.46. The molecule has 0 saturated carbocycles. The van der Waals surface area contributed by atoms with Crippen LogP contribution in [0.25, 0.3) is 0 Å². The van der Waals surface area contributed by atoms with E-state index in [0.29, 0.717) is 11.6 Å². The van der Waals surface area contributed by atoms with Crippen LogP contribution in [0.5, 0.6) is 0 Å². The van der Waals surface area contributed by atoms with Gasteiger partial charge in [-0.15, -0.1) is 0 Å². The molecule has 0 bridgehead atoms. The monoisotopic (exact) mass is 273 g/mol. The Bertz CT molecular complexity index is 360. The number of rotatable bonds is 8. The summed E-state index contributed by atoms with van der Waals surface area (Å²) in [5.41, 5.74) is 0.948. The molecule has 0 aliphatic carbocycles. The van der Waals surface area contributed by atoms with Gasteiger partial charge in [0.1, 0.15) is 5.82 Å². The third kappa shape index (κ3) is 5.34. The molecule has 102 valence electrons. The highest BCUT2D eigenvalue weighted by atomic mass is 35.5. The molecule has 2 nitrogen and oxygen atoms in total. The van der Waals surface area contributed by atoms with Gasteiger partial charge >= 0.3 is 0 Å². The molecule has 0 radical (unpaired) electrons. The molecule has 1 unspecified atom stereocenters. The van der Waals surface area contributed by atoms with Crippen LogP contribution < -0.4 is 5.32 Å². The summed E-state index contributed by atoms with van der Waals surface area (Å²) in [7, 11) is 0. The van der Waals surface area contributed by atoms with Crippen LogP contribution in [0.2, 0.25) is 5.02 Å². The molecule has 0 fully saturated rings. The van der Waals surface area contributed by atoms with Gasteiger partial charge in [0, 0.05) is 17.7 Å². The number of hydrogen-bond acceptors (Lipinski definition) is 2. The smallest absolute Gasteiger partial charge is 0.124 e. The topological polar surface area (TPSA) is 21.3 Å². The number of hydrogen-bond donors (Lipinski definition) is 1. The minimum atomic E-state index is -0.300. The SMILES string of the molecule is CCCOCC(Cc1ccc(F)cc1Cl)NCC. The molecule has 1 atom stereocenters. The zero-order chi connectivity index (χ0) is 13.4. The Morgan fingerprint density at radius 1 is 1.39 bits per heavy atom. The van der Waals surface area contributed by atoms with Crippen LogP contribution in [0, 0.1) is 5.82 Å². The number of benzene rings is 1. The van der Waals surface area contributed by atoms with Crippen molar-refractivity contribution in [3.63, 3.8) is 0 Å². The third-order valence-electron chi connectivity index (χ3n) is 2.64. The van der Waals surface area contributed by atoms with Gasteiger partial charge in [-0.2, -0.15) is 0 Å². The second-order valence-corrected chi connectivity index (χ2v) is 4.68. The molecule has 0 aliphatic heterocycles. The first-order valence-corrected chi connectivity index (χ1v) is 6.80. The maximum atomic E-state index is 13.0. The molecule has 1 aromatic rings. The van der Waals surface area contributed by atoms with Gasteiger partial charge in [-0.3, -0.25) is 0 Å². The van der Waals surface area contributed by atoms with Crippen molar-refractivity contribution in [3.05, 3.63) is 34.6 Å². The van der Waals surface area contributed by atoms with Crippen molar-refractivity contribution >= 4 is 11.6 Å². The lowest BCUT2D eigenvalue weighted by Crippen LogP contribution is -2.35. The minimum Gasteiger partial charge on any atom is -0.380 e. The average molecular weight is 274 g/mol. The molecule has 18 heavy (non-hydrogen) atoms. The summed E-state index contributed by atoms with van der Waals surface area (Å²) in [5.74, 6) is -0.300. The van der Waals surface area contributed by atoms with Crippen LogP contribution in [0.1, 0.15) is 25.8 Å². The molecule has 0 amide bonds. The first-order valence-electron chi connectivity index (χ1n) is 6.42. The van der Waals surface area contributed by atoms with Crippen molar-refractivity contribution in [2.75, 3.05) is 19.8 Å². The standard InChI is InChI=1S/C14H21ClFNO/c1-3-7-18-10-13(17-4-2)8-11-5-6-12(16)9-14(11)15/h5-6,9,13,17H,3-4,7-8,10H2,1-2H3. The van der Waals surface area contributed by atoms with Crippen molar-refractivity contribution in [1.29, 1.82) is 0 Å². The molecule has 0 aromatic heterocycles. The van der Waals surface area contributed by atoms with Crippen molar-refractivity contribution < 1.29 is 9.13 Å². The van der Waals surface area contributed by atoms with Crippen LogP contribution >= 0.6 is 11.6 Å². The fourth-order valence-electron chi connectivity index (χ4n) is 1.80. The molecule has 0 heterocycles. The van der Waals surface area contributed by atoms with E-state index < -0.39 is 0 Å². The third-order valence-corrected chi connectivity index (χ3v) is 2.99. The van der Waals surface area contributed by atoms with Gasteiger partial charge in [-0.1, -0.05) is 31.5 Å². The number of halogens is 2. The summed E-state index contributed by atoms with van der Waals surface area (Å²) < 4.78 is 18.5. The van der Waals surface area contributed by atoms with Crippen LogP contribution in [-0.2, 0) is 11.2 Å². The fraction of sp³-hybridized carbons (Fsp3) is 0.571. The summed E-state index contributed by atoms with van der Waals surface area (Å²) in [6, 6.07) is 4.75. The molecular formula is C14H21ClFNO. The van der Waals surface area contributed by atoms with Crippen LogP contribution in [0.3, 0.4) is 0 Å². The van der Waals surface area contributed by atoms with Gasteiger partial charge in [0.25, 0.3) is 0 Å². The maximum Gasteiger partial charge on any atom is 0.124 e. The molecule has 1 aromatic carbocycles. The lowest BCUT2D eigenvalue weighted by atomic mass is 10.1. The van der Waals surface area contributed by atoms with Crippen molar-refractivity contribution in [3.8, 4) is 0 Å². The lowest BCUT2D eigenvalue weighted by molar-refractivity contribution is 0.112. The van der Waals surface area contributed by atoms with E-state index in [1.807, 2.05) is 0 Å². The van der Waals surface area contributed by atoms with Crippen LogP contribution in [0.4, 0.5) is 4.39 Å². The van der Waals surface area contributed by atoms with Crippen LogP contribution in [-0.4, -0.2) is 25.8 Å². The first-order chi connectivity index (χ1) is 8.67. The highest BCUT2D eigenvalue weighted by molar-refractivity contribution is 6.31. The quantitative estimate of drug-likeness (QED) is 0.733. The van der Waals surface area contributed by atoms with E-state index in [1.165, 1.54) is 12.1 Å². The Hall–Kier alpha value is -0.640. The van der Waals surface area contributed by atoms with E-state index in [0.717, 1.165) is 31.6 Å². The minimum absolute atomic E-state index is 0.213. The summed E-state index contributed by atoms with van der Waals surface area (Å²) in [4.78, 5) is 0. The number of ether oxygens (including phenoxy) is 1. The van der Waals surface area contributed by atoms with E-state index in [9.17, 15) is 4.39 Å². The summed E-state index contributed by atoms with van der Waals surface area (Å²) in [5, 5.41) is 3.83. The van der Waals surface area contributed by atoms with E-state index in [4.69, 9.17) is 16.3 Å². The normalized spacial score (nSPS) is 12.7. The molecule has 0 saturated heterocycles. The molecular weight excluding hydrogens is 253 g/mol. The Labute approximate surface area is 113 Å². The predicted molar refractivity (Wildman–Crippen MR) is 73.7 cm³/mol. The second-order valence-electron chi connectivity index (χ2n) is 4.27. The molecule has 1 rings (SSSR count). The van der Waals surface area contributed by atoms with Crippen LogP contribution in [0.15, 0.2) is 18.2 Å². The van der Waals surface area contributed by atoms with E-state index in [1.54, 1.807) is 6.07 Å². The van der Waals surface area contributed by atoms with Gasteiger partial charge < -0.3 is 10.1 Å². The Kier molecular flexibility index (Phi) is 7.25. The van der Waals surface area contributed by atoms with E-state index >= 15 is 0 Å². The van der Waals surface area contributed by atoms with E-state index in [-0.39, 0.29) is 11.9 Å². The van der Waals surface area contributed by atoms with Gasteiger partial charge in [0.2, 0.25) is 0 Å². The lowest BCUT2D eigenvalue weighted by Gasteiger charge is -2.18. The van der Waals surface area contributed by atoms with Gasteiger partial charge in [-0.05, 0) is 37.1 Å². The predicted octanol–water partition coefficient (Wildman–Crippen LogP) is 3.43. The number of nitrogens with one attached hydrogen (secondary N) is 1. The van der Waals surface area contributed by atoms with Gasteiger partial charge in [0.05, 0.1) is 6.61 Å². The largest absolute Gasteiger partial charge is 0.380 e. The zero-order valence-corrected chi connectivity index (χ0v) is 11.8. The van der Waals surface area contributed by atoms with Crippen molar-refractivity contribution in [2.45, 2.75) is 32.7 Å². The van der Waals surface area contributed by atoms with Crippen molar-refractivity contribution in [2.24, 2.45) is 0 Å². The highest BCUT2D eigenvalue weighted by Gasteiger charge is 2.11. The Morgan fingerprint density at radius 3 is 2.78 bits per heavy atom. The summed E-state index contributed by atoms with van der Waals surface area (Å²) >= 11 is 6.03. The van der Waals surface area contributed by atoms with Crippen molar-refractivity contribution in [1.82, 2.24) is 5.32 Å². The average Bonchev–Trinajstić information content (AvgIpc) is 2.33.